The lowest BCUT2D eigenvalue weighted by molar-refractivity contribution is -0.137. The van der Waals surface area contributed by atoms with E-state index in [1.807, 2.05) is 10.7 Å². The van der Waals surface area contributed by atoms with Crippen molar-refractivity contribution in [3.8, 4) is 0 Å². The molecule has 0 bridgehead atoms. The number of carbonyl (C=O) groups is 2. The Kier molecular flexibility index (Phi) is 4.88. The van der Waals surface area contributed by atoms with Crippen molar-refractivity contribution in [2.24, 2.45) is 0 Å². The molecule has 0 spiro atoms. The number of hydrogen-bond acceptors (Lipinski definition) is 3. The monoisotopic (exact) mass is 307 g/mol. The summed E-state index contributed by atoms with van der Waals surface area (Å²) in [6.07, 6.45) is 3.70. The zero-order valence-electron chi connectivity index (χ0n) is 13.6. The minimum atomic E-state index is -0.802. The molecule has 1 amide bonds. The molecule has 0 radical (unpaired) electrons. The standard InChI is InChI=1S/C16H25N3O3/c1-16(2,3)19-13(11-7-8-11)10-12(18-19)15(22)17-9-5-4-6-14(20)21/h10-11H,4-9H2,1-3H3,(H,17,22)(H,20,21). The molecule has 2 rings (SSSR count). The number of aromatic nitrogens is 2. The van der Waals surface area contributed by atoms with Gasteiger partial charge in [0.1, 0.15) is 5.69 Å². The summed E-state index contributed by atoms with van der Waals surface area (Å²) in [7, 11) is 0. The minimum Gasteiger partial charge on any atom is -0.481 e. The van der Waals surface area contributed by atoms with E-state index in [9.17, 15) is 9.59 Å². The molecule has 1 aliphatic carbocycles. The van der Waals surface area contributed by atoms with Gasteiger partial charge in [-0.15, -0.1) is 0 Å². The number of nitrogens with one attached hydrogen (secondary N) is 1. The average molecular weight is 307 g/mol. The molecule has 122 valence electrons. The van der Waals surface area contributed by atoms with E-state index in [2.05, 4.69) is 31.2 Å². The number of unbranched alkanes of at least 4 members (excludes halogenated alkanes) is 1. The molecule has 1 fully saturated rings. The van der Waals surface area contributed by atoms with E-state index in [1.54, 1.807) is 0 Å². The Bertz CT molecular complexity index is 553. The van der Waals surface area contributed by atoms with Gasteiger partial charge in [-0.3, -0.25) is 14.3 Å². The van der Waals surface area contributed by atoms with E-state index in [4.69, 9.17) is 5.11 Å². The summed E-state index contributed by atoms with van der Waals surface area (Å²) in [4.78, 5) is 22.6. The second kappa shape index (κ2) is 6.50. The summed E-state index contributed by atoms with van der Waals surface area (Å²) in [6.45, 7) is 6.73. The average Bonchev–Trinajstić information content (AvgIpc) is 3.14. The van der Waals surface area contributed by atoms with Crippen LogP contribution in [0.1, 0.15) is 75.0 Å². The Labute approximate surface area is 130 Å². The van der Waals surface area contributed by atoms with Crippen LogP contribution >= 0.6 is 0 Å². The van der Waals surface area contributed by atoms with Crippen LogP contribution in [0, 0.1) is 0 Å². The number of carbonyl (C=O) groups excluding carboxylic acids is 1. The smallest absolute Gasteiger partial charge is 0.303 e. The van der Waals surface area contributed by atoms with Gasteiger partial charge in [-0.2, -0.15) is 5.10 Å². The number of hydrogen-bond donors (Lipinski definition) is 2. The van der Waals surface area contributed by atoms with Crippen LogP contribution in [0.4, 0.5) is 0 Å². The third-order valence-corrected chi connectivity index (χ3v) is 3.70. The largest absolute Gasteiger partial charge is 0.481 e. The molecule has 0 aliphatic heterocycles. The fraction of sp³-hybridized carbons (Fsp3) is 0.688. The number of aliphatic carboxylic acids is 1. The van der Waals surface area contributed by atoms with Crippen LogP contribution in [0.15, 0.2) is 6.07 Å². The highest BCUT2D eigenvalue weighted by molar-refractivity contribution is 5.92. The van der Waals surface area contributed by atoms with E-state index in [0.29, 0.717) is 31.0 Å². The Hall–Kier alpha value is -1.85. The quantitative estimate of drug-likeness (QED) is 0.758. The first kappa shape index (κ1) is 16.5. The molecule has 1 heterocycles. The number of carboxylic acid groups (broad SMARTS) is 1. The number of rotatable bonds is 7. The summed E-state index contributed by atoms with van der Waals surface area (Å²) in [5, 5.41) is 15.9. The van der Waals surface area contributed by atoms with Gasteiger partial charge in [-0.05, 0) is 52.5 Å². The predicted octanol–water partition coefficient (Wildman–Crippen LogP) is 2.50. The van der Waals surface area contributed by atoms with Gasteiger partial charge < -0.3 is 10.4 Å². The van der Waals surface area contributed by atoms with Crippen LogP contribution < -0.4 is 5.32 Å². The molecular formula is C16H25N3O3. The van der Waals surface area contributed by atoms with Gasteiger partial charge in [0, 0.05) is 24.6 Å². The molecule has 22 heavy (non-hydrogen) atoms. The first-order chi connectivity index (χ1) is 10.3. The minimum absolute atomic E-state index is 0.139. The summed E-state index contributed by atoms with van der Waals surface area (Å²) in [5.41, 5.74) is 1.45. The molecular weight excluding hydrogens is 282 g/mol. The maximum Gasteiger partial charge on any atom is 0.303 e. The SMILES string of the molecule is CC(C)(C)n1nc(C(=O)NCCCCC(=O)O)cc1C1CC1. The fourth-order valence-electron chi connectivity index (χ4n) is 2.41. The summed E-state index contributed by atoms with van der Waals surface area (Å²) in [6, 6.07) is 1.90. The lowest BCUT2D eigenvalue weighted by Gasteiger charge is -2.22. The number of nitrogens with zero attached hydrogens (tertiary/aromatic N) is 2. The van der Waals surface area contributed by atoms with Gasteiger partial charge in [0.2, 0.25) is 0 Å². The van der Waals surface area contributed by atoms with Gasteiger partial charge in [0.15, 0.2) is 0 Å². The molecule has 6 nitrogen and oxygen atoms in total. The van der Waals surface area contributed by atoms with E-state index < -0.39 is 5.97 Å². The highest BCUT2D eigenvalue weighted by Crippen LogP contribution is 2.41. The highest BCUT2D eigenvalue weighted by Gasteiger charge is 2.32. The number of carboxylic acids is 1. The third kappa shape index (κ3) is 4.32. The Balaban J connectivity index is 1.94. The maximum absolute atomic E-state index is 12.2. The molecule has 0 unspecified atom stereocenters. The second-order valence-electron chi connectivity index (χ2n) is 6.92. The Morgan fingerprint density at radius 1 is 1.36 bits per heavy atom. The molecule has 1 aliphatic rings. The summed E-state index contributed by atoms with van der Waals surface area (Å²) in [5.74, 6) is -0.451. The van der Waals surface area contributed by atoms with Gasteiger partial charge in [0.25, 0.3) is 5.91 Å². The fourth-order valence-corrected chi connectivity index (χ4v) is 2.41. The Morgan fingerprint density at radius 3 is 2.59 bits per heavy atom. The van der Waals surface area contributed by atoms with Gasteiger partial charge in [0.05, 0.1) is 5.54 Å². The van der Waals surface area contributed by atoms with Crippen LogP contribution in [0.2, 0.25) is 0 Å². The predicted molar refractivity (Wildman–Crippen MR) is 83.0 cm³/mol. The molecule has 1 aromatic heterocycles. The van der Waals surface area contributed by atoms with E-state index >= 15 is 0 Å². The van der Waals surface area contributed by atoms with Gasteiger partial charge in [-0.1, -0.05) is 0 Å². The third-order valence-electron chi connectivity index (χ3n) is 3.70. The van der Waals surface area contributed by atoms with E-state index in [1.165, 1.54) is 0 Å². The van der Waals surface area contributed by atoms with Crippen molar-refractivity contribution in [3.63, 3.8) is 0 Å². The first-order valence-corrected chi connectivity index (χ1v) is 7.89. The first-order valence-electron chi connectivity index (χ1n) is 7.89. The van der Waals surface area contributed by atoms with Crippen LogP contribution in [0.3, 0.4) is 0 Å². The highest BCUT2D eigenvalue weighted by atomic mass is 16.4. The van der Waals surface area contributed by atoms with Crippen molar-refractivity contribution >= 4 is 11.9 Å². The van der Waals surface area contributed by atoms with Crippen LogP contribution in [-0.2, 0) is 10.3 Å². The molecule has 0 saturated heterocycles. The van der Waals surface area contributed by atoms with Crippen molar-refractivity contribution in [2.75, 3.05) is 6.54 Å². The normalized spacial score (nSPS) is 14.9. The molecule has 0 atom stereocenters. The van der Waals surface area contributed by atoms with Crippen molar-refractivity contribution < 1.29 is 14.7 Å². The van der Waals surface area contributed by atoms with Crippen LogP contribution in [-0.4, -0.2) is 33.3 Å². The zero-order chi connectivity index (χ0) is 16.3. The topological polar surface area (TPSA) is 84.2 Å². The molecule has 0 aromatic carbocycles. The van der Waals surface area contributed by atoms with Gasteiger partial charge in [-0.25, -0.2) is 0 Å². The maximum atomic E-state index is 12.2. The molecule has 1 saturated carbocycles. The van der Waals surface area contributed by atoms with Crippen molar-refractivity contribution in [2.45, 2.75) is 64.3 Å². The van der Waals surface area contributed by atoms with E-state index in [0.717, 1.165) is 18.5 Å². The zero-order valence-corrected chi connectivity index (χ0v) is 13.6. The molecule has 6 heteroatoms. The van der Waals surface area contributed by atoms with Crippen LogP contribution in [0.25, 0.3) is 0 Å². The molecule has 2 N–H and O–H groups in total. The van der Waals surface area contributed by atoms with Crippen molar-refractivity contribution in [1.82, 2.24) is 15.1 Å². The summed E-state index contributed by atoms with van der Waals surface area (Å²) >= 11 is 0. The van der Waals surface area contributed by atoms with Crippen LogP contribution in [0.5, 0.6) is 0 Å². The van der Waals surface area contributed by atoms with Gasteiger partial charge >= 0.3 is 5.97 Å². The van der Waals surface area contributed by atoms with Crippen molar-refractivity contribution in [3.05, 3.63) is 17.5 Å². The summed E-state index contributed by atoms with van der Waals surface area (Å²) < 4.78 is 1.96. The lowest BCUT2D eigenvalue weighted by atomic mass is 10.1. The van der Waals surface area contributed by atoms with Crippen molar-refractivity contribution in [1.29, 1.82) is 0 Å². The lowest BCUT2D eigenvalue weighted by Crippen LogP contribution is -2.28. The number of amides is 1. The molecule has 1 aromatic rings. The van der Waals surface area contributed by atoms with E-state index in [-0.39, 0.29) is 17.9 Å². The second-order valence-corrected chi connectivity index (χ2v) is 6.92. The Morgan fingerprint density at radius 2 is 2.05 bits per heavy atom.